The number of piperazine rings is 1. The zero-order valence-corrected chi connectivity index (χ0v) is 8.96. The maximum atomic E-state index is 8.65. The highest BCUT2D eigenvalue weighted by Crippen LogP contribution is 1.98. The van der Waals surface area contributed by atoms with Gasteiger partial charge in [0.25, 0.3) is 0 Å². The Balaban J connectivity index is 0. The van der Waals surface area contributed by atoms with Crippen molar-refractivity contribution in [3.63, 3.8) is 0 Å². The molecule has 0 unspecified atom stereocenters. The highest BCUT2D eigenvalue weighted by atomic mass is 35.5. The smallest absolute Gasteiger partial charge is 0.0446 e. The first-order valence-electron chi connectivity index (χ1n) is 3.85. The van der Waals surface area contributed by atoms with Crippen LogP contribution in [0.25, 0.3) is 0 Å². The molecule has 0 aromatic carbocycles. The molecule has 0 aromatic rings. The van der Waals surface area contributed by atoms with Gasteiger partial charge in [0.2, 0.25) is 0 Å². The number of nitrogens with one attached hydrogen (secondary N) is 1. The number of rotatable bonds is 2. The van der Waals surface area contributed by atoms with Crippen molar-refractivity contribution in [3.8, 4) is 0 Å². The van der Waals surface area contributed by atoms with E-state index in [0.717, 1.165) is 26.1 Å². The van der Waals surface area contributed by atoms with Gasteiger partial charge in [0, 0.05) is 32.3 Å². The second-order valence-corrected chi connectivity index (χ2v) is 2.93. The number of aliphatic hydroxyl groups is 1. The Morgan fingerprint density at radius 2 is 2.17 bits per heavy atom. The van der Waals surface area contributed by atoms with Gasteiger partial charge in [-0.3, -0.25) is 0 Å². The van der Waals surface area contributed by atoms with Crippen LogP contribution >= 0.6 is 24.8 Å². The maximum absolute atomic E-state index is 8.65. The van der Waals surface area contributed by atoms with Crippen LogP contribution in [0.15, 0.2) is 0 Å². The summed E-state index contributed by atoms with van der Waals surface area (Å²) in [5.74, 6) is 0. The Hall–Kier alpha value is 0.460. The zero-order valence-electron chi connectivity index (χ0n) is 7.32. The quantitative estimate of drug-likeness (QED) is 0.689. The summed E-state index contributed by atoms with van der Waals surface area (Å²) in [6, 6.07) is 0.503. The summed E-state index contributed by atoms with van der Waals surface area (Å²) in [6.07, 6.45) is 0.879. The van der Waals surface area contributed by atoms with Gasteiger partial charge in [0.15, 0.2) is 0 Å². The fourth-order valence-electron chi connectivity index (χ4n) is 1.34. The van der Waals surface area contributed by atoms with Gasteiger partial charge >= 0.3 is 0 Å². The van der Waals surface area contributed by atoms with E-state index < -0.39 is 0 Å². The van der Waals surface area contributed by atoms with Crippen LogP contribution in [0.3, 0.4) is 0 Å². The molecule has 5 heteroatoms. The van der Waals surface area contributed by atoms with Crippen molar-refractivity contribution in [3.05, 3.63) is 0 Å². The second kappa shape index (κ2) is 8.08. The van der Waals surface area contributed by atoms with Crippen molar-refractivity contribution in [2.45, 2.75) is 12.5 Å². The van der Waals surface area contributed by atoms with Crippen molar-refractivity contribution in [1.82, 2.24) is 10.2 Å². The van der Waals surface area contributed by atoms with Crippen LogP contribution in [0.4, 0.5) is 0 Å². The number of aliphatic hydroxyl groups excluding tert-OH is 1. The van der Waals surface area contributed by atoms with E-state index in [1.54, 1.807) is 0 Å². The summed E-state index contributed by atoms with van der Waals surface area (Å²) in [5.41, 5.74) is 0. The Morgan fingerprint density at radius 3 is 2.67 bits per heavy atom. The van der Waals surface area contributed by atoms with Gasteiger partial charge < -0.3 is 15.3 Å². The van der Waals surface area contributed by atoms with Crippen LogP contribution < -0.4 is 5.32 Å². The monoisotopic (exact) mass is 216 g/mol. The molecular formula is C7H18Cl2N2O. The minimum Gasteiger partial charge on any atom is -0.396 e. The Morgan fingerprint density at radius 1 is 1.50 bits per heavy atom. The lowest BCUT2D eigenvalue weighted by molar-refractivity contribution is 0.198. The summed E-state index contributed by atoms with van der Waals surface area (Å²) in [6.45, 7) is 3.55. The average Bonchev–Trinajstić information content (AvgIpc) is 1.88. The molecule has 1 aliphatic rings. The van der Waals surface area contributed by atoms with Crippen molar-refractivity contribution in [2.24, 2.45) is 0 Å². The fraction of sp³-hybridized carbons (Fsp3) is 1.00. The number of hydrogen-bond acceptors (Lipinski definition) is 3. The van der Waals surface area contributed by atoms with Gasteiger partial charge in [-0.05, 0) is 13.5 Å². The molecule has 0 spiro atoms. The molecule has 1 aliphatic heterocycles. The molecule has 0 saturated carbocycles. The Kier molecular flexibility index (Phi) is 10.1. The predicted octanol–water partition coefficient (Wildman–Crippen LogP) is 0.116. The molecule has 1 heterocycles. The summed E-state index contributed by atoms with van der Waals surface area (Å²) >= 11 is 0. The third-order valence-corrected chi connectivity index (χ3v) is 1.94. The summed E-state index contributed by atoms with van der Waals surface area (Å²) in [4.78, 5) is 2.29. The van der Waals surface area contributed by atoms with Crippen molar-refractivity contribution >= 4 is 24.8 Å². The number of halogens is 2. The highest BCUT2D eigenvalue weighted by molar-refractivity contribution is 5.85. The molecule has 1 rings (SSSR count). The molecule has 0 aromatic heterocycles. The van der Waals surface area contributed by atoms with Crippen LogP contribution in [0.1, 0.15) is 6.42 Å². The molecule has 12 heavy (non-hydrogen) atoms. The van der Waals surface area contributed by atoms with Crippen LogP contribution in [0, 0.1) is 0 Å². The molecular weight excluding hydrogens is 199 g/mol. The number of nitrogens with zero attached hydrogens (tertiary/aromatic N) is 1. The summed E-state index contributed by atoms with van der Waals surface area (Å²) < 4.78 is 0. The van der Waals surface area contributed by atoms with Gasteiger partial charge in [-0.1, -0.05) is 0 Å². The van der Waals surface area contributed by atoms with E-state index in [4.69, 9.17) is 5.11 Å². The molecule has 76 valence electrons. The van der Waals surface area contributed by atoms with Crippen LogP contribution in [0.5, 0.6) is 0 Å². The van der Waals surface area contributed by atoms with E-state index in [1.807, 2.05) is 0 Å². The van der Waals surface area contributed by atoms with E-state index >= 15 is 0 Å². The van der Waals surface area contributed by atoms with Crippen molar-refractivity contribution < 1.29 is 5.11 Å². The van der Waals surface area contributed by atoms with Crippen LogP contribution in [-0.2, 0) is 0 Å². The minimum atomic E-state index is 0. The Bertz CT molecular complexity index is 103. The van der Waals surface area contributed by atoms with Crippen LogP contribution in [-0.4, -0.2) is 49.3 Å². The van der Waals surface area contributed by atoms with E-state index in [1.165, 1.54) is 0 Å². The van der Waals surface area contributed by atoms with Gasteiger partial charge in [-0.2, -0.15) is 0 Å². The van der Waals surface area contributed by atoms with Gasteiger partial charge in [0.05, 0.1) is 0 Å². The second-order valence-electron chi connectivity index (χ2n) is 2.93. The van der Waals surface area contributed by atoms with Gasteiger partial charge in [-0.25, -0.2) is 0 Å². The van der Waals surface area contributed by atoms with E-state index in [-0.39, 0.29) is 24.8 Å². The maximum Gasteiger partial charge on any atom is 0.0446 e. The fourth-order valence-corrected chi connectivity index (χ4v) is 1.34. The first-order valence-corrected chi connectivity index (χ1v) is 3.85. The third-order valence-electron chi connectivity index (χ3n) is 1.94. The normalized spacial score (nSPS) is 24.0. The lowest BCUT2D eigenvalue weighted by atomic mass is 10.1. The summed E-state index contributed by atoms with van der Waals surface area (Å²) in [5, 5.41) is 12.0. The van der Waals surface area contributed by atoms with Crippen molar-refractivity contribution in [1.29, 1.82) is 0 Å². The van der Waals surface area contributed by atoms with E-state index in [0.29, 0.717) is 12.6 Å². The molecule has 0 radical (unpaired) electrons. The SMILES string of the molecule is CN1CCN[C@@H](CCO)C1.Cl.Cl. The molecule has 3 nitrogen and oxygen atoms in total. The van der Waals surface area contributed by atoms with Gasteiger partial charge in [-0.15, -0.1) is 24.8 Å². The first kappa shape index (κ1) is 15.0. The van der Waals surface area contributed by atoms with E-state index in [9.17, 15) is 0 Å². The predicted molar refractivity (Wildman–Crippen MR) is 55.5 cm³/mol. The highest BCUT2D eigenvalue weighted by Gasteiger charge is 2.14. The summed E-state index contributed by atoms with van der Waals surface area (Å²) in [7, 11) is 2.12. The molecule has 1 fully saturated rings. The van der Waals surface area contributed by atoms with Crippen LogP contribution in [0.2, 0.25) is 0 Å². The van der Waals surface area contributed by atoms with E-state index in [2.05, 4.69) is 17.3 Å². The third kappa shape index (κ3) is 5.17. The average molecular weight is 217 g/mol. The lowest BCUT2D eigenvalue weighted by Gasteiger charge is -2.30. The van der Waals surface area contributed by atoms with Crippen molar-refractivity contribution in [2.75, 3.05) is 33.3 Å². The Labute approximate surface area is 86.3 Å². The number of likely N-dealkylation sites (N-methyl/N-ethyl adjacent to an activating group) is 1. The first-order chi connectivity index (χ1) is 4.83. The molecule has 0 aliphatic carbocycles. The molecule has 1 saturated heterocycles. The zero-order chi connectivity index (χ0) is 7.40. The van der Waals surface area contributed by atoms with Gasteiger partial charge in [0.1, 0.15) is 0 Å². The molecule has 2 N–H and O–H groups in total. The topological polar surface area (TPSA) is 35.5 Å². The molecule has 0 amide bonds. The molecule has 0 bridgehead atoms. The minimum absolute atomic E-state index is 0. The molecule has 1 atom stereocenters. The lowest BCUT2D eigenvalue weighted by Crippen LogP contribution is -2.49. The number of hydrogen-bond donors (Lipinski definition) is 2. The standard InChI is InChI=1S/C7H16N2O.2ClH/c1-9-4-3-8-7(6-9)2-5-10;;/h7-8,10H,2-6H2,1H3;2*1H/t7-;;/m0../s1. The largest absolute Gasteiger partial charge is 0.396 e.